The van der Waals surface area contributed by atoms with Gasteiger partial charge in [-0.25, -0.2) is 0 Å². The molecule has 4 nitrogen and oxygen atoms in total. The van der Waals surface area contributed by atoms with E-state index in [1.54, 1.807) is 20.8 Å². The van der Waals surface area contributed by atoms with Crippen LogP contribution in [0.15, 0.2) is 11.8 Å². The molecule has 0 unspecified atom stereocenters. The van der Waals surface area contributed by atoms with Crippen molar-refractivity contribution in [1.29, 1.82) is 0 Å². The number of rotatable bonds is 5. The second kappa shape index (κ2) is 10.5. The van der Waals surface area contributed by atoms with Gasteiger partial charge in [0, 0.05) is 6.08 Å². The predicted octanol–water partition coefficient (Wildman–Crippen LogP) is 6.23. The summed E-state index contributed by atoms with van der Waals surface area (Å²) >= 11 is 0. The first-order valence-electron chi connectivity index (χ1n) is 8.32. The van der Waals surface area contributed by atoms with E-state index in [-0.39, 0.29) is 0 Å². The minimum atomic E-state index is -5.40. The Balaban J connectivity index is 0. The van der Waals surface area contributed by atoms with E-state index in [1.807, 2.05) is 0 Å². The van der Waals surface area contributed by atoms with Gasteiger partial charge in [-0.15, -0.1) is 0 Å². The van der Waals surface area contributed by atoms with Crippen molar-refractivity contribution in [2.45, 2.75) is 70.0 Å². The number of allylic oxidation sites excluding steroid dienone is 2. The van der Waals surface area contributed by atoms with Crippen molar-refractivity contribution in [3.05, 3.63) is 11.8 Å². The highest BCUT2D eigenvalue weighted by molar-refractivity contribution is 6.74. The smallest absolute Gasteiger partial charge is 0.454 e. The first kappa shape index (κ1) is 33.1. The molecular weight excluding hydrogens is 512 g/mol. The molecule has 0 aromatic rings. The van der Waals surface area contributed by atoms with Crippen LogP contribution >= 0.6 is 0 Å². The second-order valence-electron chi connectivity index (χ2n) is 7.75. The van der Waals surface area contributed by atoms with Crippen LogP contribution in [0.1, 0.15) is 27.2 Å². The predicted molar refractivity (Wildman–Crippen MR) is 90.2 cm³/mol. The molecule has 0 N–H and O–H groups in total. The molecule has 0 aromatic heterocycles. The summed E-state index contributed by atoms with van der Waals surface area (Å²) in [4.78, 5) is 30.4. The quantitative estimate of drug-likeness (QED) is 0.139. The van der Waals surface area contributed by atoms with Crippen molar-refractivity contribution in [3.63, 3.8) is 0 Å². The fourth-order valence-corrected chi connectivity index (χ4v) is 2.17. The van der Waals surface area contributed by atoms with Gasteiger partial charge in [-0.3, -0.25) is 14.4 Å². The number of ketones is 3. The molecule has 0 bridgehead atoms. The molecule has 0 heterocycles. The molecular formula is C16H18F12O4Si. The molecule has 0 amide bonds. The lowest BCUT2D eigenvalue weighted by Crippen LogP contribution is -2.42. The van der Waals surface area contributed by atoms with Crippen LogP contribution in [0.2, 0.25) is 18.1 Å². The van der Waals surface area contributed by atoms with Crippen molar-refractivity contribution in [2.75, 3.05) is 0 Å². The lowest BCUT2D eigenvalue weighted by molar-refractivity contribution is -0.182. The average Bonchev–Trinajstić information content (AvgIpc) is 2.49. The average molecular weight is 530 g/mol. The van der Waals surface area contributed by atoms with Gasteiger partial charge in [-0.1, -0.05) is 20.8 Å². The molecule has 0 saturated carbocycles. The zero-order valence-corrected chi connectivity index (χ0v) is 18.5. The molecule has 0 spiro atoms. The third-order valence-corrected chi connectivity index (χ3v) is 8.29. The Morgan fingerprint density at radius 3 is 1.21 bits per heavy atom. The first-order chi connectivity index (χ1) is 14.0. The van der Waals surface area contributed by atoms with Gasteiger partial charge in [-0.2, -0.15) is 52.7 Å². The van der Waals surface area contributed by atoms with Crippen LogP contribution in [0.25, 0.3) is 0 Å². The summed E-state index contributed by atoms with van der Waals surface area (Å²) in [5.41, 5.74) is 0. The Morgan fingerprint density at radius 1 is 0.667 bits per heavy atom. The lowest BCUT2D eigenvalue weighted by atomic mass is 10.2. The topological polar surface area (TPSA) is 60.4 Å². The molecule has 0 aromatic carbocycles. The molecule has 0 aliphatic carbocycles. The van der Waals surface area contributed by atoms with Gasteiger partial charge >= 0.3 is 24.7 Å². The molecule has 0 aliphatic heterocycles. The van der Waals surface area contributed by atoms with E-state index < -0.39 is 73.7 Å². The van der Waals surface area contributed by atoms with Crippen LogP contribution in [0.4, 0.5) is 52.7 Å². The van der Waals surface area contributed by atoms with Crippen LogP contribution < -0.4 is 0 Å². The Hall–Kier alpha value is -2.07. The molecule has 0 atom stereocenters. The Labute approximate surface area is 180 Å². The van der Waals surface area contributed by atoms with Gasteiger partial charge < -0.3 is 4.43 Å². The molecule has 0 rings (SSSR count). The minimum Gasteiger partial charge on any atom is -0.540 e. The maximum atomic E-state index is 12.7. The molecule has 194 valence electrons. The Bertz CT molecular complexity index is 726. The summed E-state index contributed by atoms with van der Waals surface area (Å²) in [6, 6.07) is 0. The summed E-state index contributed by atoms with van der Waals surface area (Å²) < 4.78 is 147. The minimum absolute atomic E-state index is 0.527. The largest absolute Gasteiger partial charge is 0.540 e. The third kappa shape index (κ3) is 12.1. The SMILES string of the molecule is CC(C)(C)[Si](C)(C)OC(=CC(=O)C(F)(F)F)C(F)(F)F.O=C(CC(=O)C(F)(F)F)C(F)(F)F. The van der Waals surface area contributed by atoms with E-state index in [0.29, 0.717) is 0 Å². The molecule has 17 heteroatoms. The monoisotopic (exact) mass is 530 g/mol. The van der Waals surface area contributed by atoms with Crippen molar-refractivity contribution >= 4 is 25.7 Å². The molecule has 0 radical (unpaired) electrons. The zero-order chi connectivity index (χ0) is 27.4. The van der Waals surface area contributed by atoms with Gasteiger partial charge in [-0.05, 0) is 18.1 Å². The summed E-state index contributed by atoms with van der Waals surface area (Å²) in [7, 11) is -3.01. The number of halogens is 12. The van der Waals surface area contributed by atoms with Crippen LogP contribution in [-0.4, -0.2) is 50.4 Å². The number of hydrogen-bond donors (Lipinski definition) is 0. The van der Waals surface area contributed by atoms with Gasteiger partial charge in [0.25, 0.3) is 5.78 Å². The highest BCUT2D eigenvalue weighted by atomic mass is 28.4. The van der Waals surface area contributed by atoms with Crippen LogP contribution in [0.3, 0.4) is 0 Å². The van der Waals surface area contributed by atoms with E-state index in [0.717, 1.165) is 0 Å². The Morgan fingerprint density at radius 2 is 1.00 bits per heavy atom. The van der Waals surface area contributed by atoms with E-state index in [1.165, 1.54) is 13.1 Å². The maximum absolute atomic E-state index is 12.7. The first-order valence-corrected chi connectivity index (χ1v) is 11.2. The highest BCUT2D eigenvalue weighted by Crippen LogP contribution is 2.41. The van der Waals surface area contributed by atoms with Crippen LogP contribution in [0, 0.1) is 0 Å². The van der Waals surface area contributed by atoms with E-state index >= 15 is 0 Å². The number of hydrogen-bond acceptors (Lipinski definition) is 4. The number of Topliss-reactive ketones (excluding diaryl/α,β-unsaturated/α-hetero) is 2. The highest BCUT2D eigenvalue weighted by Gasteiger charge is 2.48. The van der Waals surface area contributed by atoms with E-state index in [9.17, 15) is 67.1 Å². The van der Waals surface area contributed by atoms with Crippen molar-refractivity contribution in [1.82, 2.24) is 0 Å². The number of alkyl halides is 12. The Kier molecular flexibility index (Phi) is 10.5. The summed E-state index contributed by atoms with van der Waals surface area (Å²) in [6.45, 7) is 7.74. The summed E-state index contributed by atoms with van der Waals surface area (Å²) in [6.07, 6.45) is -24.0. The lowest BCUT2D eigenvalue weighted by Gasteiger charge is -2.37. The molecule has 33 heavy (non-hydrogen) atoms. The van der Waals surface area contributed by atoms with Crippen molar-refractivity contribution in [3.8, 4) is 0 Å². The van der Waals surface area contributed by atoms with E-state index in [2.05, 4.69) is 0 Å². The zero-order valence-electron chi connectivity index (χ0n) is 17.5. The van der Waals surface area contributed by atoms with Crippen molar-refractivity contribution in [2.24, 2.45) is 0 Å². The van der Waals surface area contributed by atoms with Crippen molar-refractivity contribution < 1.29 is 71.5 Å². The van der Waals surface area contributed by atoms with Gasteiger partial charge in [0.15, 0.2) is 5.76 Å². The number of carbonyl (C=O) groups excluding carboxylic acids is 3. The summed E-state index contributed by atoms with van der Waals surface area (Å²) in [5.74, 6) is -9.89. The molecule has 0 fully saturated rings. The fourth-order valence-electron chi connectivity index (χ4n) is 1.14. The molecule has 0 aliphatic rings. The van der Waals surface area contributed by atoms with Gasteiger partial charge in [0.1, 0.15) is 0 Å². The van der Waals surface area contributed by atoms with Gasteiger partial charge in [0.05, 0.1) is 6.42 Å². The van der Waals surface area contributed by atoms with Crippen LogP contribution in [0.5, 0.6) is 0 Å². The van der Waals surface area contributed by atoms with E-state index in [4.69, 9.17) is 4.43 Å². The fraction of sp³-hybridized carbons (Fsp3) is 0.688. The summed E-state index contributed by atoms with van der Waals surface area (Å²) in [5, 5.41) is -0.654. The standard InChI is InChI=1S/C11H16F6O2Si.C5H2F6O2/c1-9(2,3)20(4,5)19-8(11(15,16)17)6-7(18)10(12,13)14;6-4(7,8)2(12)1-3(13)5(9,10)11/h6H,1-5H3;1H2. The van der Waals surface area contributed by atoms with Crippen LogP contribution in [-0.2, 0) is 18.8 Å². The molecule has 0 saturated heterocycles. The maximum Gasteiger partial charge on any atom is 0.454 e. The third-order valence-electron chi connectivity index (χ3n) is 3.95. The second-order valence-corrected chi connectivity index (χ2v) is 12.5. The number of carbonyl (C=O) groups is 3. The van der Waals surface area contributed by atoms with Gasteiger partial charge in [0.2, 0.25) is 19.9 Å². The normalized spacial score (nSPS) is 14.3.